The highest BCUT2D eigenvalue weighted by molar-refractivity contribution is 6.09. The lowest BCUT2D eigenvalue weighted by molar-refractivity contribution is -0.384. The largest absolute Gasteiger partial charge is 0.337 e. The van der Waals surface area contributed by atoms with E-state index >= 15 is 0 Å². The molecule has 25 heavy (non-hydrogen) atoms. The molecule has 1 aromatic heterocycles. The number of benzene rings is 2. The van der Waals surface area contributed by atoms with Crippen LogP contribution in [0.15, 0.2) is 42.5 Å². The quantitative estimate of drug-likeness (QED) is 0.565. The first-order valence-electron chi connectivity index (χ1n) is 8.08. The molecule has 0 fully saturated rings. The van der Waals surface area contributed by atoms with Gasteiger partial charge in [0.15, 0.2) is 0 Å². The second-order valence-corrected chi connectivity index (χ2v) is 5.97. The van der Waals surface area contributed by atoms with Crippen molar-refractivity contribution in [1.29, 1.82) is 0 Å². The van der Waals surface area contributed by atoms with Gasteiger partial charge in [0.25, 0.3) is 11.6 Å². The number of nitro groups is 1. The van der Waals surface area contributed by atoms with Gasteiger partial charge in [0.05, 0.1) is 4.92 Å². The smallest absolute Gasteiger partial charge is 0.293 e. The molecule has 6 nitrogen and oxygen atoms in total. The number of hydrogen-bond acceptors (Lipinski definition) is 3. The van der Waals surface area contributed by atoms with Gasteiger partial charge in [-0.3, -0.25) is 14.9 Å². The number of carbonyl (C=O) groups is 1. The summed E-state index contributed by atoms with van der Waals surface area (Å²) >= 11 is 0. The van der Waals surface area contributed by atoms with E-state index in [1.165, 1.54) is 6.07 Å². The molecule has 0 bridgehead atoms. The van der Waals surface area contributed by atoms with Crippen LogP contribution in [0.2, 0.25) is 0 Å². The number of hydrogen-bond donors (Lipinski definition) is 1. The number of amides is 1. The van der Waals surface area contributed by atoms with Crippen LogP contribution in [0.3, 0.4) is 0 Å². The minimum atomic E-state index is -0.481. The summed E-state index contributed by atoms with van der Waals surface area (Å²) in [6.45, 7) is 6.27. The van der Waals surface area contributed by atoms with Gasteiger partial charge in [0.1, 0.15) is 11.4 Å². The molecule has 1 N–H and O–H groups in total. The van der Waals surface area contributed by atoms with Crippen LogP contribution >= 0.6 is 0 Å². The lowest BCUT2D eigenvalue weighted by atomic mass is 10.1. The highest BCUT2D eigenvalue weighted by Crippen LogP contribution is 2.29. The van der Waals surface area contributed by atoms with Gasteiger partial charge in [-0.25, -0.2) is 0 Å². The van der Waals surface area contributed by atoms with Gasteiger partial charge in [-0.15, -0.1) is 0 Å². The molecular formula is C19H19N3O3. The van der Waals surface area contributed by atoms with Gasteiger partial charge in [0, 0.05) is 23.5 Å². The lowest BCUT2D eigenvalue weighted by Crippen LogP contribution is -2.18. The maximum absolute atomic E-state index is 12.9. The van der Waals surface area contributed by atoms with E-state index in [0.717, 1.165) is 22.0 Å². The van der Waals surface area contributed by atoms with Crippen LogP contribution in [0.5, 0.6) is 0 Å². The Balaban J connectivity index is 2.07. The summed E-state index contributed by atoms with van der Waals surface area (Å²) in [7, 11) is 0. The first kappa shape index (κ1) is 16.7. The lowest BCUT2D eigenvalue weighted by Gasteiger charge is -2.10. The van der Waals surface area contributed by atoms with Crippen molar-refractivity contribution in [3.05, 3.63) is 69.4 Å². The Morgan fingerprint density at radius 2 is 1.92 bits per heavy atom. The minimum absolute atomic E-state index is 0.106. The fraction of sp³-hybridized carbons (Fsp3) is 0.211. The fourth-order valence-corrected chi connectivity index (χ4v) is 3.18. The summed E-state index contributed by atoms with van der Waals surface area (Å²) in [4.78, 5) is 23.7. The van der Waals surface area contributed by atoms with Crippen LogP contribution in [0.1, 0.15) is 28.5 Å². The summed E-state index contributed by atoms with van der Waals surface area (Å²) in [6.07, 6.45) is 0. The van der Waals surface area contributed by atoms with Gasteiger partial charge in [-0.05, 0) is 44.0 Å². The van der Waals surface area contributed by atoms with Crippen molar-refractivity contribution >= 4 is 28.2 Å². The number of rotatable bonds is 4. The third-order valence-electron chi connectivity index (χ3n) is 4.35. The molecule has 2 aromatic carbocycles. The van der Waals surface area contributed by atoms with Crippen molar-refractivity contribution in [1.82, 2.24) is 4.57 Å². The number of aryl methyl sites for hydroxylation is 3. The Hall–Kier alpha value is -3.15. The van der Waals surface area contributed by atoms with Gasteiger partial charge in [0.2, 0.25) is 0 Å². The Bertz CT molecular complexity index is 989. The standard InChI is InChI=1S/C19H19N3O3/c1-4-21-16-8-6-5-7-14(16)13(3)18(21)19(23)20-15-10-9-12(2)11-17(15)22(24)25/h5-11H,4H2,1-3H3,(H,20,23). The van der Waals surface area contributed by atoms with Crippen molar-refractivity contribution in [2.24, 2.45) is 0 Å². The maximum atomic E-state index is 12.9. The summed E-state index contributed by atoms with van der Waals surface area (Å²) in [6, 6.07) is 12.6. The predicted molar refractivity (Wildman–Crippen MR) is 98.1 cm³/mol. The zero-order chi connectivity index (χ0) is 18.1. The number of nitro benzene ring substituents is 1. The topological polar surface area (TPSA) is 77.2 Å². The number of carbonyl (C=O) groups excluding carboxylic acids is 1. The molecule has 0 radical (unpaired) electrons. The maximum Gasteiger partial charge on any atom is 0.293 e. The molecule has 6 heteroatoms. The molecule has 0 spiro atoms. The highest BCUT2D eigenvalue weighted by Gasteiger charge is 2.22. The normalized spacial score (nSPS) is 10.8. The van der Waals surface area contributed by atoms with Crippen LogP contribution in [0, 0.1) is 24.0 Å². The number of aromatic nitrogens is 1. The molecule has 0 aliphatic heterocycles. The van der Waals surface area contributed by atoms with E-state index in [4.69, 9.17) is 0 Å². The first-order chi connectivity index (χ1) is 11.9. The van der Waals surface area contributed by atoms with Crippen molar-refractivity contribution in [2.75, 3.05) is 5.32 Å². The average Bonchev–Trinajstić information content (AvgIpc) is 2.88. The Labute approximate surface area is 145 Å². The Morgan fingerprint density at radius 3 is 2.60 bits per heavy atom. The van der Waals surface area contributed by atoms with Gasteiger partial charge < -0.3 is 9.88 Å². The summed E-state index contributed by atoms with van der Waals surface area (Å²) in [5.74, 6) is -0.345. The Kier molecular flexibility index (Phi) is 4.27. The van der Waals surface area contributed by atoms with E-state index in [0.29, 0.717) is 12.2 Å². The molecular weight excluding hydrogens is 318 g/mol. The number of anilines is 1. The molecule has 0 aliphatic rings. The monoisotopic (exact) mass is 337 g/mol. The molecule has 0 unspecified atom stereocenters. The molecule has 3 aromatic rings. The summed E-state index contributed by atoms with van der Waals surface area (Å²) < 4.78 is 1.93. The van der Waals surface area contributed by atoms with E-state index in [-0.39, 0.29) is 17.3 Å². The predicted octanol–water partition coefficient (Wildman–Crippen LogP) is 4.44. The molecule has 0 saturated carbocycles. The average molecular weight is 337 g/mol. The van der Waals surface area contributed by atoms with Crippen molar-refractivity contribution in [3.63, 3.8) is 0 Å². The number of fused-ring (bicyclic) bond motifs is 1. The van der Waals surface area contributed by atoms with Crippen LogP contribution < -0.4 is 5.32 Å². The fourth-order valence-electron chi connectivity index (χ4n) is 3.18. The van der Waals surface area contributed by atoms with Crippen LogP contribution in [-0.4, -0.2) is 15.4 Å². The SMILES string of the molecule is CCn1c(C(=O)Nc2ccc(C)cc2[N+](=O)[O-])c(C)c2ccccc21. The second kappa shape index (κ2) is 6.39. The molecule has 0 atom stereocenters. The summed E-state index contributed by atoms with van der Waals surface area (Å²) in [5.41, 5.74) is 3.23. The van der Waals surface area contributed by atoms with Gasteiger partial charge >= 0.3 is 0 Å². The third kappa shape index (κ3) is 2.87. The van der Waals surface area contributed by atoms with Crippen molar-refractivity contribution in [2.45, 2.75) is 27.3 Å². The molecule has 1 amide bonds. The van der Waals surface area contributed by atoms with E-state index < -0.39 is 4.92 Å². The molecule has 0 saturated heterocycles. The molecule has 3 rings (SSSR count). The van der Waals surface area contributed by atoms with Gasteiger partial charge in [-0.2, -0.15) is 0 Å². The number of para-hydroxylation sites is 1. The molecule has 0 aliphatic carbocycles. The van der Waals surface area contributed by atoms with Crippen LogP contribution in [0.4, 0.5) is 11.4 Å². The molecule has 128 valence electrons. The van der Waals surface area contributed by atoms with Crippen molar-refractivity contribution in [3.8, 4) is 0 Å². The second-order valence-electron chi connectivity index (χ2n) is 5.97. The van der Waals surface area contributed by atoms with E-state index in [9.17, 15) is 14.9 Å². The van der Waals surface area contributed by atoms with Crippen molar-refractivity contribution < 1.29 is 9.72 Å². The van der Waals surface area contributed by atoms with Crippen LogP contribution in [0.25, 0.3) is 10.9 Å². The van der Waals surface area contributed by atoms with E-state index in [2.05, 4.69) is 5.32 Å². The highest BCUT2D eigenvalue weighted by atomic mass is 16.6. The molecule has 1 heterocycles. The van der Waals surface area contributed by atoms with E-state index in [1.807, 2.05) is 42.7 Å². The van der Waals surface area contributed by atoms with Gasteiger partial charge in [-0.1, -0.05) is 24.3 Å². The minimum Gasteiger partial charge on any atom is -0.337 e. The zero-order valence-corrected chi connectivity index (χ0v) is 14.4. The number of nitrogens with one attached hydrogen (secondary N) is 1. The van der Waals surface area contributed by atoms with Crippen LogP contribution in [-0.2, 0) is 6.54 Å². The zero-order valence-electron chi connectivity index (χ0n) is 14.4. The third-order valence-corrected chi connectivity index (χ3v) is 4.35. The first-order valence-corrected chi connectivity index (χ1v) is 8.08. The summed E-state index contributed by atoms with van der Waals surface area (Å²) in [5, 5.41) is 15.0. The number of nitrogens with zero attached hydrogens (tertiary/aromatic N) is 2. The van der Waals surface area contributed by atoms with E-state index in [1.54, 1.807) is 19.1 Å². The Morgan fingerprint density at radius 1 is 1.20 bits per heavy atom.